The molecule has 0 amide bonds. The molecule has 1 aliphatic heterocycles. The molecule has 1 heterocycles. The van der Waals surface area contributed by atoms with Crippen LogP contribution in [0.25, 0.3) is 0 Å². The summed E-state index contributed by atoms with van der Waals surface area (Å²) in [6, 6.07) is 0. The van der Waals surface area contributed by atoms with Gasteiger partial charge in [-0.05, 0) is 41.5 Å². The molecule has 6 N–H and O–H groups in total. The van der Waals surface area contributed by atoms with Crippen molar-refractivity contribution in [3.8, 4) is 0 Å². The second-order valence-electron chi connectivity index (χ2n) is 7.88. The van der Waals surface area contributed by atoms with Crippen molar-refractivity contribution in [1.29, 1.82) is 0 Å². The van der Waals surface area contributed by atoms with Gasteiger partial charge in [0.05, 0.1) is 39.6 Å². The van der Waals surface area contributed by atoms with Crippen LogP contribution in [0.15, 0.2) is 0 Å². The van der Waals surface area contributed by atoms with Gasteiger partial charge in [-0.15, -0.1) is 0 Å². The summed E-state index contributed by atoms with van der Waals surface area (Å²) in [4.78, 5) is 0. The zero-order valence-electron chi connectivity index (χ0n) is 21.5. The minimum atomic E-state index is -1.12. The van der Waals surface area contributed by atoms with Crippen molar-refractivity contribution in [3.63, 3.8) is 0 Å². The van der Waals surface area contributed by atoms with Crippen molar-refractivity contribution in [3.05, 3.63) is 0 Å². The Balaban J connectivity index is 3.80. The standard InChI is InChI=1S/C21H48N6O6/c1-7-28-13-19(14-29-8-2)25(22)20(15-30-9-3,16-31-10-4)27(24)21(26(19)23,17-32-11-5)18-33-12-6/h7-18,22-24H2,1-6H3. The van der Waals surface area contributed by atoms with Crippen molar-refractivity contribution in [1.82, 2.24) is 15.0 Å². The van der Waals surface area contributed by atoms with Crippen molar-refractivity contribution < 1.29 is 28.4 Å². The Morgan fingerprint density at radius 2 is 0.545 bits per heavy atom. The van der Waals surface area contributed by atoms with E-state index in [0.717, 1.165) is 0 Å². The van der Waals surface area contributed by atoms with E-state index < -0.39 is 17.0 Å². The van der Waals surface area contributed by atoms with Gasteiger partial charge < -0.3 is 28.4 Å². The number of rotatable bonds is 18. The van der Waals surface area contributed by atoms with Crippen LogP contribution in [0, 0.1) is 0 Å². The second kappa shape index (κ2) is 14.8. The normalized spacial score (nSPS) is 21.0. The van der Waals surface area contributed by atoms with Crippen LogP contribution >= 0.6 is 0 Å². The molecule has 12 heteroatoms. The van der Waals surface area contributed by atoms with Crippen molar-refractivity contribution in [2.24, 2.45) is 17.5 Å². The van der Waals surface area contributed by atoms with Crippen LogP contribution in [0.5, 0.6) is 0 Å². The van der Waals surface area contributed by atoms with Gasteiger partial charge in [-0.3, -0.25) is 17.5 Å². The molecule has 0 aromatic rings. The van der Waals surface area contributed by atoms with Crippen molar-refractivity contribution in [2.75, 3.05) is 79.3 Å². The molecular formula is C21H48N6O6. The lowest BCUT2D eigenvalue weighted by molar-refractivity contribution is -0.366. The Labute approximate surface area is 199 Å². The highest BCUT2D eigenvalue weighted by Crippen LogP contribution is 2.41. The summed E-state index contributed by atoms with van der Waals surface area (Å²) in [6.07, 6.45) is 0. The first-order valence-electron chi connectivity index (χ1n) is 11.9. The molecule has 12 nitrogen and oxygen atoms in total. The zero-order chi connectivity index (χ0) is 25.0. The van der Waals surface area contributed by atoms with Gasteiger partial charge in [0, 0.05) is 39.6 Å². The summed E-state index contributed by atoms with van der Waals surface area (Å²) in [5.41, 5.74) is -3.36. The first-order chi connectivity index (χ1) is 15.8. The molecule has 0 unspecified atom stereocenters. The molecule has 198 valence electrons. The first-order valence-corrected chi connectivity index (χ1v) is 11.9. The molecule has 33 heavy (non-hydrogen) atoms. The number of hydrogen-bond acceptors (Lipinski definition) is 12. The van der Waals surface area contributed by atoms with Crippen molar-refractivity contribution >= 4 is 0 Å². The topological polar surface area (TPSA) is 143 Å². The molecule has 0 aromatic carbocycles. The molecule has 1 aliphatic rings. The summed E-state index contributed by atoms with van der Waals surface area (Å²) in [6.45, 7) is 15.2. The Morgan fingerprint density at radius 1 is 0.394 bits per heavy atom. The smallest absolute Gasteiger partial charge is 0.150 e. The molecular weight excluding hydrogens is 432 g/mol. The maximum Gasteiger partial charge on any atom is 0.150 e. The minimum absolute atomic E-state index is 0.157. The van der Waals surface area contributed by atoms with E-state index in [4.69, 9.17) is 45.9 Å². The summed E-state index contributed by atoms with van der Waals surface area (Å²) < 4.78 is 35.4. The fraction of sp³-hybridized carbons (Fsp3) is 1.00. The predicted molar refractivity (Wildman–Crippen MR) is 125 cm³/mol. The summed E-state index contributed by atoms with van der Waals surface area (Å²) >= 11 is 0. The van der Waals surface area contributed by atoms with Gasteiger partial charge in [0.1, 0.15) is 0 Å². The van der Waals surface area contributed by atoms with E-state index in [1.807, 2.05) is 41.5 Å². The summed E-state index contributed by atoms with van der Waals surface area (Å²) in [5, 5.41) is 4.73. The monoisotopic (exact) mass is 480 g/mol. The van der Waals surface area contributed by atoms with Gasteiger partial charge in [-0.25, -0.2) is 0 Å². The lowest BCUT2D eigenvalue weighted by atomic mass is 9.92. The molecule has 0 bridgehead atoms. The highest BCUT2D eigenvalue weighted by atomic mass is 16.5. The lowest BCUT2D eigenvalue weighted by Gasteiger charge is -2.68. The Bertz CT molecular complexity index is 418. The van der Waals surface area contributed by atoms with E-state index in [1.165, 1.54) is 0 Å². The van der Waals surface area contributed by atoms with Crippen LogP contribution in [0.1, 0.15) is 41.5 Å². The summed E-state index contributed by atoms with van der Waals surface area (Å²) in [5.74, 6) is 20.7. The predicted octanol–water partition coefficient (Wildman–Crippen LogP) is -0.165. The van der Waals surface area contributed by atoms with Crippen LogP contribution < -0.4 is 17.5 Å². The number of nitrogens with zero attached hydrogens (tertiary/aromatic N) is 3. The van der Waals surface area contributed by atoms with Crippen LogP contribution in [0.3, 0.4) is 0 Å². The Kier molecular flexibility index (Phi) is 13.7. The van der Waals surface area contributed by atoms with E-state index >= 15 is 0 Å². The van der Waals surface area contributed by atoms with E-state index in [1.54, 1.807) is 15.0 Å². The SMILES string of the molecule is CCOCC1(COCC)N(N)C(COCC)(COCC)N(N)C(COCC)(COCC)N1N. The lowest BCUT2D eigenvalue weighted by Crippen LogP contribution is -2.95. The number of hydrazine groups is 3. The molecule has 1 saturated heterocycles. The first kappa shape index (κ1) is 30.6. The Morgan fingerprint density at radius 3 is 0.667 bits per heavy atom. The van der Waals surface area contributed by atoms with Gasteiger partial charge in [0.2, 0.25) is 0 Å². The minimum Gasteiger partial charge on any atom is -0.378 e. The third-order valence-electron chi connectivity index (χ3n) is 5.91. The average Bonchev–Trinajstić information content (AvgIpc) is 2.83. The van der Waals surface area contributed by atoms with Gasteiger partial charge in [-0.1, -0.05) is 0 Å². The number of hydrogen-bond donors (Lipinski definition) is 3. The third-order valence-corrected chi connectivity index (χ3v) is 5.91. The highest BCUT2D eigenvalue weighted by Gasteiger charge is 2.67. The van der Waals surface area contributed by atoms with E-state index in [9.17, 15) is 0 Å². The molecule has 0 radical (unpaired) electrons. The van der Waals surface area contributed by atoms with Crippen molar-refractivity contribution in [2.45, 2.75) is 58.5 Å². The molecule has 0 saturated carbocycles. The third kappa shape index (κ3) is 6.40. The van der Waals surface area contributed by atoms with Gasteiger partial charge >= 0.3 is 0 Å². The van der Waals surface area contributed by atoms with Crippen LogP contribution in [0.2, 0.25) is 0 Å². The largest absolute Gasteiger partial charge is 0.378 e. The molecule has 1 fully saturated rings. The molecule has 0 spiro atoms. The fourth-order valence-electron chi connectivity index (χ4n) is 4.06. The quantitative estimate of drug-likeness (QED) is 0.224. The van der Waals surface area contributed by atoms with E-state index in [-0.39, 0.29) is 39.6 Å². The van der Waals surface area contributed by atoms with E-state index in [0.29, 0.717) is 39.6 Å². The van der Waals surface area contributed by atoms with E-state index in [2.05, 4.69) is 0 Å². The zero-order valence-corrected chi connectivity index (χ0v) is 21.5. The average molecular weight is 481 g/mol. The number of nitrogens with two attached hydrogens (primary N) is 3. The Hall–Kier alpha value is -0.480. The molecule has 0 aliphatic carbocycles. The number of ether oxygens (including phenoxy) is 6. The molecule has 1 rings (SSSR count). The maximum absolute atomic E-state index is 6.90. The summed E-state index contributed by atoms with van der Waals surface area (Å²) in [7, 11) is 0. The molecule has 0 aromatic heterocycles. The van der Waals surface area contributed by atoms with Gasteiger partial charge in [0.25, 0.3) is 0 Å². The van der Waals surface area contributed by atoms with Crippen LogP contribution in [0.4, 0.5) is 0 Å². The second-order valence-corrected chi connectivity index (χ2v) is 7.88. The van der Waals surface area contributed by atoms with Crippen LogP contribution in [-0.4, -0.2) is 111 Å². The maximum atomic E-state index is 6.90. The van der Waals surface area contributed by atoms with Gasteiger partial charge in [0.15, 0.2) is 17.0 Å². The molecule has 0 atom stereocenters. The van der Waals surface area contributed by atoms with Crippen LogP contribution in [-0.2, 0) is 28.4 Å². The highest BCUT2D eigenvalue weighted by molar-refractivity contribution is 5.10. The van der Waals surface area contributed by atoms with Gasteiger partial charge in [-0.2, -0.15) is 15.0 Å². The fourth-order valence-corrected chi connectivity index (χ4v) is 4.06.